The highest BCUT2D eigenvalue weighted by atomic mass is 32.2. The number of nitrogens with zero attached hydrogens (tertiary/aromatic N) is 2. The normalized spacial score (nSPS) is 11.6. The molecule has 3 aromatic rings. The lowest BCUT2D eigenvalue weighted by molar-refractivity contribution is 0.601. The van der Waals surface area contributed by atoms with Crippen LogP contribution in [0.5, 0.6) is 0 Å². The molecule has 20 heavy (non-hydrogen) atoms. The number of sulfonamides is 1. The first-order valence-corrected chi connectivity index (χ1v) is 7.21. The topological polar surface area (TPSA) is 114 Å². The van der Waals surface area contributed by atoms with Gasteiger partial charge in [0.2, 0.25) is 0 Å². The van der Waals surface area contributed by atoms with Crippen molar-refractivity contribution in [2.75, 3.05) is 10.5 Å². The number of aromatic amines is 1. The first-order chi connectivity index (χ1) is 9.54. The minimum absolute atomic E-state index is 0.151. The van der Waals surface area contributed by atoms with Crippen molar-refractivity contribution in [3.05, 3.63) is 42.7 Å². The number of benzene rings is 1. The maximum atomic E-state index is 12.2. The van der Waals surface area contributed by atoms with Crippen LogP contribution in [0.4, 0.5) is 11.5 Å². The van der Waals surface area contributed by atoms with Gasteiger partial charge in [-0.1, -0.05) is 0 Å². The molecule has 3 rings (SSSR count). The highest BCUT2D eigenvalue weighted by Gasteiger charge is 2.15. The van der Waals surface area contributed by atoms with E-state index in [1.54, 1.807) is 24.3 Å². The molecule has 0 aliphatic rings. The Morgan fingerprint density at radius 2 is 2.05 bits per heavy atom. The lowest BCUT2D eigenvalue weighted by atomic mass is 10.2. The Kier molecular flexibility index (Phi) is 2.79. The SMILES string of the molecule is Nc1ccc2cc(S(=O)(=O)Nc3cn[nH]c3)ccc2n1. The van der Waals surface area contributed by atoms with Gasteiger partial charge >= 0.3 is 0 Å². The fourth-order valence-electron chi connectivity index (χ4n) is 1.81. The molecule has 0 saturated heterocycles. The molecule has 4 N–H and O–H groups in total. The van der Waals surface area contributed by atoms with Crippen molar-refractivity contribution in [3.63, 3.8) is 0 Å². The van der Waals surface area contributed by atoms with Crippen LogP contribution in [-0.2, 0) is 10.0 Å². The van der Waals surface area contributed by atoms with E-state index in [0.29, 0.717) is 22.4 Å². The van der Waals surface area contributed by atoms with Crippen molar-refractivity contribution in [2.45, 2.75) is 4.90 Å². The zero-order valence-corrected chi connectivity index (χ0v) is 11.1. The summed E-state index contributed by atoms with van der Waals surface area (Å²) in [6.45, 7) is 0. The first kappa shape index (κ1) is 12.4. The third-order valence-electron chi connectivity index (χ3n) is 2.74. The Morgan fingerprint density at radius 1 is 1.20 bits per heavy atom. The van der Waals surface area contributed by atoms with Crippen LogP contribution in [0, 0.1) is 0 Å². The van der Waals surface area contributed by atoms with E-state index in [2.05, 4.69) is 19.9 Å². The molecule has 0 aliphatic carbocycles. The lowest BCUT2D eigenvalue weighted by Gasteiger charge is -2.07. The van der Waals surface area contributed by atoms with Crippen LogP contribution in [-0.4, -0.2) is 23.6 Å². The molecule has 0 bridgehead atoms. The van der Waals surface area contributed by atoms with E-state index in [0.717, 1.165) is 0 Å². The molecule has 7 nitrogen and oxygen atoms in total. The smallest absolute Gasteiger partial charge is 0.262 e. The minimum Gasteiger partial charge on any atom is -0.384 e. The van der Waals surface area contributed by atoms with Gasteiger partial charge in [-0.3, -0.25) is 9.82 Å². The molecule has 102 valence electrons. The molecule has 0 saturated carbocycles. The molecule has 0 aliphatic heterocycles. The summed E-state index contributed by atoms with van der Waals surface area (Å²) >= 11 is 0. The third kappa shape index (κ3) is 2.28. The second kappa shape index (κ2) is 4.49. The van der Waals surface area contributed by atoms with Crippen molar-refractivity contribution in [1.29, 1.82) is 0 Å². The van der Waals surface area contributed by atoms with Gasteiger partial charge in [-0.2, -0.15) is 5.10 Å². The van der Waals surface area contributed by atoms with Crippen LogP contribution >= 0.6 is 0 Å². The van der Waals surface area contributed by atoms with Crippen LogP contribution < -0.4 is 10.5 Å². The number of anilines is 2. The summed E-state index contributed by atoms with van der Waals surface area (Å²) in [5.41, 5.74) is 6.61. The molecule has 2 aromatic heterocycles. The van der Waals surface area contributed by atoms with Gasteiger partial charge in [0, 0.05) is 11.6 Å². The van der Waals surface area contributed by atoms with Crippen LogP contribution in [0.2, 0.25) is 0 Å². The zero-order valence-electron chi connectivity index (χ0n) is 10.2. The number of rotatable bonds is 3. The summed E-state index contributed by atoms with van der Waals surface area (Å²) in [6.07, 6.45) is 2.85. The monoisotopic (exact) mass is 289 g/mol. The first-order valence-electron chi connectivity index (χ1n) is 5.72. The summed E-state index contributed by atoms with van der Waals surface area (Å²) < 4.78 is 26.8. The van der Waals surface area contributed by atoms with Gasteiger partial charge in [-0.05, 0) is 30.3 Å². The van der Waals surface area contributed by atoms with Gasteiger partial charge in [0.15, 0.2) is 0 Å². The molecule has 0 atom stereocenters. The summed E-state index contributed by atoms with van der Waals surface area (Å²) in [7, 11) is -3.65. The molecule has 2 heterocycles. The molecule has 0 unspecified atom stereocenters. The number of nitrogen functional groups attached to an aromatic ring is 1. The van der Waals surface area contributed by atoms with Crippen molar-refractivity contribution in [2.24, 2.45) is 0 Å². The molecule has 0 amide bonds. The molecule has 0 spiro atoms. The predicted octanol–water partition coefficient (Wildman–Crippen LogP) is 1.34. The van der Waals surface area contributed by atoms with E-state index in [9.17, 15) is 8.42 Å². The lowest BCUT2D eigenvalue weighted by Crippen LogP contribution is -2.12. The average Bonchev–Trinajstić information content (AvgIpc) is 2.90. The molecule has 8 heteroatoms. The number of pyridine rings is 1. The number of nitrogens with one attached hydrogen (secondary N) is 2. The largest absolute Gasteiger partial charge is 0.384 e. The Bertz CT molecular complexity index is 859. The van der Waals surface area contributed by atoms with Crippen molar-refractivity contribution < 1.29 is 8.42 Å². The maximum Gasteiger partial charge on any atom is 0.262 e. The van der Waals surface area contributed by atoms with Crippen molar-refractivity contribution in [3.8, 4) is 0 Å². The van der Waals surface area contributed by atoms with Gasteiger partial charge in [0.1, 0.15) is 5.82 Å². The quantitative estimate of drug-likeness (QED) is 0.673. The molecular formula is C12H11N5O2S. The number of aromatic nitrogens is 3. The fourth-order valence-corrected chi connectivity index (χ4v) is 2.88. The second-order valence-corrected chi connectivity index (χ2v) is 5.87. The van der Waals surface area contributed by atoms with Crippen LogP contribution in [0.1, 0.15) is 0 Å². The van der Waals surface area contributed by atoms with E-state index in [1.165, 1.54) is 18.5 Å². The van der Waals surface area contributed by atoms with Gasteiger partial charge in [0.25, 0.3) is 10.0 Å². The average molecular weight is 289 g/mol. The summed E-state index contributed by atoms with van der Waals surface area (Å²) in [6, 6.07) is 8.01. The minimum atomic E-state index is -3.65. The van der Waals surface area contributed by atoms with Gasteiger partial charge in [0.05, 0.1) is 22.3 Å². The van der Waals surface area contributed by atoms with E-state index >= 15 is 0 Å². The Morgan fingerprint density at radius 3 is 2.80 bits per heavy atom. The van der Waals surface area contributed by atoms with Gasteiger partial charge in [-0.25, -0.2) is 13.4 Å². The number of H-pyrrole nitrogens is 1. The highest BCUT2D eigenvalue weighted by Crippen LogP contribution is 2.20. The fraction of sp³-hybridized carbons (Fsp3) is 0. The Hall–Kier alpha value is -2.61. The van der Waals surface area contributed by atoms with Gasteiger partial charge < -0.3 is 5.73 Å². The van der Waals surface area contributed by atoms with E-state index in [4.69, 9.17) is 5.73 Å². The van der Waals surface area contributed by atoms with E-state index < -0.39 is 10.0 Å². The Labute approximate surface area is 114 Å². The van der Waals surface area contributed by atoms with Crippen LogP contribution in [0.15, 0.2) is 47.6 Å². The molecule has 1 aromatic carbocycles. The maximum absolute atomic E-state index is 12.2. The summed E-state index contributed by atoms with van der Waals surface area (Å²) in [5.74, 6) is 0.393. The predicted molar refractivity (Wildman–Crippen MR) is 75.6 cm³/mol. The number of nitrogens with two attached hydrogens (primary N) is 1. The zero-order chi connectivity index (χ0) is 14.2. The molecular weight excluding hydrogens is 278 g/mol. The van der Waals surface area contributed by atoms with Crippen LogP contribution in [0.3, 0.4) is 0 Å². The number of fused-ring (bicyclic) bond motifs is 1. The standard InChI is InChI=1S/C12H11N5O2S/c13-12-4-1-8-5-10(2-3-11(8)16-12)20(18,19)17-9-6-14-15-7-9/h1-7,17H,(H2,13,16)(H,14,15). The van der Waals surface area contributed by atoms with Gasteiger partial charge in [-0.15, -0.1) is 0 Å². The highest BCUT2D eigenvalue weighted by molar-refractivity contribution is 7.92. The summed E-state index contributed by atoms with van der Waals surface area (Å²) in [4.78, 5) is 4.27. The summed E-state index contributed by atoms with van der Waals surface area (Å²) in [5, 5.41) is 6.93. The number of hydrogen-bond acceptors (Lipinski definition) is 5. The van der Waals surface area contributed by atoms with E-state index in [-0.39, 0.29) is 4.90 Å². The number of hydrogen-bond donors (Lipinski definition) is 3. The third-order valence-corrected chi connectivity index (χ3v) is 4.12. The Balaban J connectivity index is 2.03. The molecule has 0 fully saturated rings. The van der Waals surface area contributed by atoms with E-state index in [1.807, 2.05) is 0 Å². The van der Waals surface area contributed by atoms with Crippen LogP contribution in [0.25, 0.3) is 10.9 Å². The molecule has 0 radical (unpaired) electrons. The van der Waals surface area contributed by atoms with Crippen molar-refractivity contribution >= 4 is 32.4 Å². The second-order valence-electron chi connectivity index (χ2n) is 4.18. The van der Waals surface area contributed by atoms with Crippen molar-refractivity contribution in [1.82, 2.24) is 15.2 Å².